The van der Waals surface area contributed by atoms with Gasteiger partial charge in [-0.25, -0.2) is 9.78 Å². The molecule has 0 atom stereocenters. The zero-order valence-corrected chi connectivity index (χ0v) is 11.3. The largest absolute Gasteiger partial charge is 0.465 e. The second-order valence-corrected chi connectivity index (χ2v) is 4.34. The maximum absolute atomic E-state index is 10.5. The standard InChI is InChI=1S/C14H13N5O2/c1-19(12-4-2-10(6-15)3-5-12)9-11-7-17-13(8-16-11)18-14(20)21/h2-5,7-8H,9H2,1H3,(H,17,18)(H,20,21). The summed E-state index contributed by atoms with van der Waals surface area (Å²) in [5, 5.41) is 19.5. The van der Waals surface area contributed by atoms with Crippen LogP contribution in [0.15, 0.2) is 36.7 Å². The normalized spacial score (nSPS) is 9.71. The third kappa shape index (κ3) is 3.91. The lowest BCUT2D eigenvalue weighted by Gasteiger charge is -2.18. The van der Waals surface area contributed by atoms with Crippen LogP contribution in [0, 0.1) is 11.3 Å². The Hall–Kier alpha value is -3.14. The summed E-state index contributed by atoms with van der Waals surface area (Å²) < 4.78 is 0. The monoisotopic (exact) mass is 283 g/mol. The van der Waals surface area contributed by atoms with Crippen molar-refractivity contribution in [1.29, 1.82) is 5.26 Å². The molecule has 0 aliphatic carbocycles. The molecule has 0 saturated heterocycles. The number of hydrogen-bond donors (Lipinski definition) is 2. The van der Waals surface area contributed by atoms with Crippen LogP contribution in [-0.4, -0.2) is 28.2 Å². The van der Waals surface area contributed by atoms with Gasteiger partial charge in [-0.05, 0) is 24.3 Å². The van der Waals surface area contributed by atoms with Gasteiger partial charge in [0.05, 0.1) is 36.3 Å². The Morgan fingerprint density at radius 1 is 1.33 bits per heavy atom. The summed E-state index contributed by atoms with van der Waals surface area (Å²) in [6.07, 6.45) is 1.72. The van der Waals surface area contributed by atoms with Crippen molar-refractivity contribution < 1.29 is 9.90 Å². The molecule has 0 spiro atoms. The van der Waals surface area contributed by atoms with Gasteiger partial charge >= 0.3 is 6.09 Å². The zero-order valence-electron chi connectivity index (χ0n) is 11.3. The van der Waals surface area contributed by atoms with Crippen LogP contribution in [0.1, 0.15) is 11.3 Å². The highest BCUT2D eigenvalue weighted by Gasteiger charge is 2.05. The van der Waals surface area contributed by atoms with E-state index in [9.17, 15) is 4.79 Å². The molecule has 0 aliphatic heterocycles. The number of carbonyl (C=O) groups is 1. The number of amides is 1. The third-order valence-electron chi connectivity index (χ3n) is 2.78. The number of benzene rings is 1. The average molecular weight is 283 g/mol. The number of nitrogens with one attached hydrogen (secondary N) is 1. The number of carboxylic acid groups (broad SMARTS) is 1. The molecule has 2 aromatic rings. The highest BCUT2D eigenvalue weighted by molar-refractivity contribution is 5.81. The van der Waals surface area contributed by atoms with Crippen LogP contribution in [0.4, 0.5) is 16.3 Å². The number of nitrogens with zero attached hydrogens (tertiary/aromatic N) is 4. The van der Waals surface area contributed by atoms with Crippen molar-refractivity contribution in [3.05, 3.63) is 47.9 Å². The Labute approximate surface area is 121 Å². The van der Waals surface area contributed by atoms with E-state index < -0.39 is 6.09 Å². The SMILES string of the molecule is CN(Cc1cnc(NC(=O)O)cn1)c1ccc(C#N)cc1. The minimum atomic E-state index is -1.17. The van der Waals surface area contributed by atoms with Gasteiger partial charge in [0.2, 0.25) is 0 Å². The lowest BCUT2D eigenvalue weighted by Crippen LogP contribution is -2.17. The first-order chi connectivity index (χ1) is 10.1. The average Bonchev–Trinajstić information content (AvgIpc) is 2.49. The number of nitriles is 1. The van der Waals surface area contributed by atoms with Crippen LogP contribution in [0.5, 0.6) is 0 Å². The molecule has 1 aromatic heterocycles. The minimum absolute atomic E-state index is 0.187. The first kappa shape index (κ1) is 14.3. The topological polar surface area (TPSA) is 102 Å². The fourth-order valence-electron chi connectivity index (χ4n) is 1.74. The summed E-state index contributed by atoms with van der Waals surface area (Å²) in [6, 6.07) is 9.27. The first-order valence-electron chi connectivity index (χ1n) is 6.10. The predicted octanol–water partition coefficient (Wildman–Crippen LogP) is 2.07. The lowest BCUT2D eigenvalue weighted by atomic mass is 10.2. The van der Waals surface area contributed by atoms with E-state index in [-0.39, 0.29) is 5.82 Å². The Morgan fingerprint density at radius 3 is 2.57 bits per heavy atom. The van der Waals surface area contributed by atoms with Crippen LogP contribution in [0.3, 0.4) is 0 Å². The van der Waals surface area contributed by atoms with E-state index in [1.54, 1.807) is 12.1 Å². The van der Waals surface area contributed by atoms with Gasteiger partial charge in [0, 0.05) is 12.7 Å². The first-order valence-corrected chi connectivity index (χ1v) is 6.10. The van der Waals surface area contributed by atoms with E-state index in [1.807, 2.05) is 24.1 Å². The van der Waals surface area contributed by atoms with Gasteiger partial charge in [0.1, 0.15) is 0 Å². The Balaban J connectivity index is 2.03. The minimum Gasteiger partial charge on any atom is -0.465 e. The Kier molecular flexibility index (Phi) is 4.31. The molecule has 7 nitrogen and oxygen atoms in total. The second-order valence-electron chi connectivity index (χ2n) is 4.34. The molecule has 0 bridgehead atoms. The van der Waals surface area contributed by atoms with Crippen LogP contribution >= 0.6 is 0 Å². The summed E-state index contributed by atoms with van der Waals surface area (Å²) in [5.41, 5.74) is 2.26. The second kappa shape index (κ2) is 6.34. The van der Waals surface area contributed by atoms with E-state index in [0.29, 0.717) is 17.8 Å². The fraction of sp³-hybridized carbons (Fsp3) is 0.143. The molecule has 0 unspecified atom stereocenters. The van der Waals surface area contributed by atoms with Gasteiger partial charge in [-0.2, -0.15) is 5.26 Å². The summed E-state index contributed by atoms with van der Waals surface area (Å²) in [7, 11) is 1.90. The van der Waals surface area contributed by atoms with Crippen molar-refractivity contribution in [2.45, 2.75) is 6.54 Å². The predicted molar refractivity (Wildman–Crippen MR) is 76.9 cm³/mol. The van der Waals surface area contributed by atoms with E-state index >= 15 is 0 Å². The van der Waals surface area contributed by atoms with E-state index in [0.717, 1.165) is 5.69 Å². The van der Waals surface area contributed by atoms with E-state index in [1.165, 1.54) is 12.4 Å². The molecule has 1 aromatic carbocycles. The van der Waals surface area contributed by atoms with Gasteiger partial charge in [-0.1, -0.05) is 0 Å². The summed E-state index contributed by atoms with van der Waals surface area (Å²) in [5.74, 6) is 0.187. The number of aromatic nitrogens is 2. The quantitative estimate of drug-likeness (QED) is 0.890. The van der Waals surface area contributed by atoms with Crippen molar-refractivity contribution >= 4 is 17.6 Å². The van der Waals surface area contributed by atoms with Gasteiger partial charge in [0.15, 0.2) is 5.82 Å². The van der Waals surface area contributed by atoms with E-state index in [4.69, 9.17) is 10.4 Å². The number of rotatable bonds is 4. The molecule has 0 saturated carbocycles. The molecule has 1 amide bonds. The maximum Gasteiger partial charge on any atom is 0.410 e. The summed E-state index contributed by atoms with van der Waals surface area (Å²) >= 11 is 0. The highest BCUT2D eigenvalue weighted by atomic mass is 16.4. The molecule has 106 valence electrons. The summed E-state index contributed by atoms with van der Waals surface area (Å²) in [6.45, 7) is 0.520. The van der Waals surface area contributed by atoms with Crippen LogP contribution < -0.4 is 10.2 Å². The van der Waals surface area contributed by atoms with Gasteiger partial charge in [-0.3, -0.25) is 10.3 Å². The van der Waals surface area contributed by atoms with E-state index in [2.05, 4.69) is 21.4 Å². The van der Waals surface area contributed by atoms with Gasteiger partial charge in [0.25, 0.3) is 0 Å². The van der Waals surface area contributed by atoms with Crippen LogP contribution in [-0.2, 0) is 6.54 Å². The zero-order chi connectivity index (χ0) is 15.2. The molecular weight excluding hydrogens is 270 g/mol. The summed E-state index contributed by atoms with van der Waals surface area (Å²) in [4.78, 5) is 20.5. The number of hydrogen-bond acceptors (Lipinski definition) is 5. The molecule has 21 heavy (non-hydrogen) atoms. The van der Waals surface area contributed by atoms with Crippen LogP contribution in [0.25, 0.3) is 0 Å². The smallest absolute Gasteiger partial charge is 0.410 e. The Morgan fingerprint density at radius 2 is 2.05 bits per heavy atom. The van der Waals surface area contributed by atoms with Crippen molar-refractivity contribution in [2.24, 2.45) is 0 Å². The molecular formula is C14H13N5O2. The molecule has 0 aliphatic rings. The van der Waals surface area contributed by atoms with Crippen molar-refractivity contribution in [1.82, 2.24) is 9.97 Å². The van der Waals surface area contributed by atoms with Gasteiger partial charge in [-0.15, -0.1) is 0 Å². The molecule has 2 N–H and O–H groups in total. The molecule has 2 rings (SSSR count). The van der Waals surface area contributed by atoms with Gasteiger partial charge < -0.3 is 10.0 Å². The highest BCUT2D eigenvalue weighted by Crippen LogP contribution is 2.15. The lowest BCUT2D eigenvalue weighted by molar-refractivity contribution is 0.209. The maximum atomic E-state index is 10.5. The van der Waals surface area contributed by atoms with Crippen molar-refractivity contribution in [3.63, 3.8) is 0 Å². The molecule has 0 radical (unpaired) electrons. The van der Waals surface area contributed by atoms with Crippen molar-refractivity contribution in [2.75, 3.05) is 17.3 Å². The number of anilines is 2. The molecule has 7 heteroatoms. The fourth-order valence-corrected chi connectivity index (χ4v) is 1.74. The van der Waals surface area contributed by atoms with Crippen molar-refractivity contribution in [3.8, 4) is 6.07 Å². The van der Waals surface area contributed by atoms with Crippen LogP contribution in [0.2, 0.25) is 0 Å². The Bertz CT molecular complexity index is 661. The third-order valence-corrected chi connectivity index (χ3v) is 2.78. The molecule has 1 heterocycles. The molecule has 0 fully saturated rings.